The Morgan fingerprint density at radius 3 is 2.81 bits per heavy atom. The molecule has 0 radical (unpaired) electrons. The molecular formula is C15H17N5S. The molecule has 0 atom stereocenters. The Balaban J connectivity index is 1.73. The lowest BCUT2D eigenvalue weighted by Crippen LogP contribution is -2.08. The first-order valence-electron chi connectivity index (χ1n) is 6.76. The molecule has 3 N–H and O–H groups in total. The standard InChI is InChI=1S/C15H17N5S/c1-20-10-9-17-12(20)7-8-18-15-13(14(16)19-21-15)11-5-3-2-4-6-11/h2-6,9-10,18H,7-8H2,1H3,(H2,16,19). The summed E-state index contributed by atoms with van der Waals surface area (Å²) in [5.41, 5.74) is 8.08. The molecule has 0 spiro atoms. The Hall–Kier alpha value is -2.34. The van der Waals surface area contributed by atoms with Gasteiger partial charge in [-0.15, -0.1) is 0 Å². The minimum absolute atomic E-state index is 0.575. The second-order valence-corrected chi connectivity index (χ2v) is 5.54. The van der Waals surface area contributed by atoms with Crippen LogP contribution in [0.25, 0.3) is 11.1 Å². The normalized spacial score (nSPS) is 10.7. The molecule has 21 heavy (non-hydrogen) atoms. The molecular weight excluding hydrogens is 282 g/mol. The Kier molecular flexibility index (Phi) is 3.87. The van der Waals surface area contributed by atoms with E-state index in [1.807, 2.05) is 54.3 Å². The molecule has 0 aliphatic carbocycles. The predicted octanol–water partition coefficient (Wildman–Crippen LogP) is 2.78. The highest BCUT2D eigenvalue weighted by atomic mass is 32.1. The molecule has 0 aliphatic rings. The first-order valence-corrected chi connectivity index (χ1v) is 7.53. The summed E-state index contributed by atoms with van der Waals surface area (Å²) in [5.74, 6) is 1.63. The molecule has 0 saturated heterocycles. The molecule has 1 aromatic carbocycles. The zero-order valence-corrected chi connectivity index (χ0v) is 12.6. The third-order valence-corrected chi connectivity index (χ3v) is 4.16. The van der Waals surface area contributed by atoms with Crippen LogP contribution in [-0.2, 0) is 13.5 Å². The fourth-order valence-electron chi connectivity index (χ4n) is 2.23. The molecule has 0 bridgehead atoms. The molecule has 6 heteroatoms. The fourth-order valence-corrected chi connectivity index (χ4v) is 2.99. The van der Waals surface area contributed by atoms with Crippen LogP contribution in [0.1, 0.15) is 5.82 Å². The number of aromatic nitrogens is 3. The number of aryl methyl sites for hydroxylation is 1. The first kappa shape index (κ1) is 13.6. The predicted molar refractivity (Wildman–Crippen MR) is 87.4 cm³/mol. The minimum Gasteiger partial charge on any atom is -0.382 e. The van der Waals surface area contributed by atoms with Gasteiger partial charge >= 0.3 is 0 Å². The van der Waals surface area contributed by atoms with Gasteiger partial charge in [-0.2, -0.15) is 4.37 Å². The maximum absolute atomic E-state index is 6.01. The molecule has 3 rings (SSSR count). The monoisotopic (exact) mass is 299 g/mol. The van der Waals surface area contributed by atoms with Crippen molar-refractivity contribution in [3.05, 3.63) is 48.5 Å². The summed E-state index contributed by atoms with van der Waals surface area (Å²) >= 11 is 1.40. The summed E-state index contributed by atoms with van der Waals surface area (Å²) in [6.45, 7) is 0.798. The van der Waals surface area contributed by atoms with E-state index in [0.29, 0.717) is 5.82 Å². The van der Waals surface area contributed by atoms with Gasteiger partial charge in [0.25, 0.3) is 0 Å². The molecule has 3 aromatic rings. The van der Waals surface area contributed by atoms with Gasteiger partial charge in [0, 0.05) is 32.4 Å². The van der Waals surface area contributed by atoms with Crippen molar-refractivity contribution in [2.24, 2.45) is 7.05 Å². The lowest BCUT2D eigenvalue weighted by molar-refractivity contribution is 0.790. The van der Waals surface area contributed by atoms with Gasteiger partial charge < -0.3 is 15.6 Å². The van der Waals surface area contributed by atoms with Crippen molar-refractivity contribution in [3.63, 3.8) is 0 Å². The molecule has 0 aliphatic heterocycles. The first-order chi connectivity index (χ1) is 10.3. The number of nitrogen functional groups attached to an aromatic ring is 1. The van der Waals surface area contributed by atoms with Gasteiger partial charge in [0.15, 0.2) is 0 Å². The summed E-state index contributed by atoms with van der Waals surface area (Å²) < 4.78 is 6.29. The lowest BCUT2D eigenvalue weighted by atomic mass is 10.1. The summed E-state index contributed by atoms with van der Waals surface area (Å²) in [6.07, 6.45) is 4.63. The Morgan fingerprint density at radius 1 is 1.29 bits per heavy atom. The van der Waals surface area contributed by atoms with Crippen molar-refractivity contribution in [1.29, 1.82) is 0 Å². The summed E-state index contributed by atoms with van der Waals surface area (Å²) in [5, 5.41) is 4.43. The van der Waals surface area contributed by atoms with E-state index in [1.165, 1.54) is 11.5 Å². The van der Waals surface area contributed by atoms with Gasteiger partial charge in [-0.3, -0.25) is 0 Å². The number of benzene rings is 1. The van der Waals surface area contributed by atoms with Crippen molar-refractivity contribution >= 4 is 22.4 Å². The van der Waals surface area contributed by atoms with Crippen LogP contribution in [0.15, 0.2) is 42.7 Å². The van der Waals surface area contributed by atoms with E-state index < -0.39 is 0 Å². The highest BCUT2D eigenvalue weighted by Gasteiger charge is 2.13. The van der Waals surface area contributed by atoms with E-state index in [4.69, 9.17) is 5.73 Å². The van der Waals surface area contributed by atoms with E-state index in [1.54, 1.807) is 0 Å². The van der Waals surface area contributed by atoms with Crippen molar-refractivity contribution in [1.82, 2.24) is 13.9 Å². The van der Waals surface area contributed by atoms with E-state index >= 15 is 0 Å². The molecule has 0 fully saturated rings. The van der Waals surface area contributed by atoms with Crippen molar-refractivity contribution in [2.45, 2.75) is 6.42 Å². The molecule has 0 saturated carbocycles. The second kappa shape index (κ2) is 5.97. The van der Waals surface area contributed by atoms with Gasteiger partial charge in [0.2, 0.25) is 0 Å². The maximum Gasteiger partial charge on any atom is 0.147 e. The maximum atomic E-state index is 6.01. The van der Waals surface area contributed by atoms with Crippen LogP contribution in [0.5, 0.6) is 0 Å². The van der Waals surface area contributed by atoms with Gasteiger partial charge in [-0.25, -0.2) is 4.98 Å². The van der Waals surface area contributed by atoms with E-state index in [0.717, 1.165) is 34.9 Å². The van der Waals surface area contributed by atoms with Crippen LogP contribution in [0.3, 0.4) is 0 Å². The highest BCUT2D eigenvalue weighted by molar-refractivity contribution is 7.11. The number of imidazole rings is 1. The largest absolute Gasteiger partial charge is 0.382 e. The fraction of sp³-hybridized carbons (Fsp3) is 0.200. The van der Waals surface area contributed by atoms with Gasteiger partial charge in [0.1, 0.15) is 16.6 Å². The number of rotatable bonds is 5. The van der Waals surface area contributed by atoms with Crippen molar-refractivity contribution < 1.29 is 0 Å². The van der Waals surface area contributed by atoms with Crippen molar-refractivity contribution in [2.75, 3.05) is 17.6 Å². The molecule has 108 valence electrons. The number of nitrogens with zero attached hydrogens (tertiary/aromatic N) is 3. The average molecular weight is 299 g/mol. The van der Waals surface area contributed by atoms with Gasteiger partial charge in [-0.05, 0) is 17.1 Å². The Labute approximate surface area is 127 Å². The van der Waals surface area contributed by atoms with Crippen LogP contribution in [0, 0.1) is 0 Å². The second-order valence-electron chi connectivity index (χ2n) is 4.77. The van der Waals surface area contributed by atoms with Crippen LogP contribution in [0.2, 0.25) is 0 Å². The molecule has 0 unspecified atom stereocenters. The Bertz CT molecular complexity index is 717. The van der Waals surface area contributed by atoms with E-state index in [2.05, 4.69) is 14.7 Å². The van der Waals surface area contributed by atoms with Crippen molar-refractivity contribution in [3.8, 4) is 11.1 Å². The van der Waals surface area contributed by atoms with E-state index in [-0.39, 0.29) is 0 Å². The topological polar surface area (TPSA) is 68.8 Å². The van der Waals surface area contributed by atoms with E-state index in [9.17, 15) is 0 Å². The number of anilines is 2. The van der Waals surface area contributed by atoms with Crippen LogP contribution in [0.4, 0.5) is 10.8 Å². The smallest absolute Gasteiger partial charge is 0.147 e. The number of hydrogen-bond acceptors (Lipinski definition) is 5. The lowest BCUT2D eigenvalue weighted by Gasteiger charge is -2.07. The number of nitrogens with two attached hydrogens (primary N) is 1. The number of nitrogens with one attached hydrogen (secondary N) is 1. The molecule has 0 amide bonds. The molecule has 2 aromatic heterocycles. The zero-order valence-electron chi connectivity index (χ0n) is 11.8. The van der Waals surface area contributed by atoms with Gasteiger partial charge in [0.05, 0.1) is 5.56 Å². The minimum atomic E-state index is 0.575. The van der Waals surface area contributed by atoms with Crippen LogP contribution < -0.4 is 11.1 Å². The summed E-state index contributed by atoms with van der Waals surface area (Å²) in [6, 6.07) is 10.1. The SMILES string of the molecule is Cn1ccnc1CCNc1snc(N)c1-c1ccccc1. The molecule has 2 heterocycles. The van der Waals surface area contributed by atoms with Crippen LogP contribution >= 0.6 is 11.5 Å². The van der Waals surface area contributed by atoms with Crippen LogP contribution in [-0.4, -0.2) is 20.5 Å². The summed E-state index contributed by atoms with van der Waals surface area (Å²) in [7, 11) is 2.00. The van der Waals surface area contributed by atoms with Gasteiger partial charge in [-0.1, -0.05) is 30.3 Å². The Morgan fingerprint density at radius 2 is 2.10 bits per heavy atom. The third-order valence-electron chi connectivity index (χ3n) is 3.34. The number of hydrogen-bond donors (Lipinski definition) is 2. The average Bonchev–Trinajstić information content (AvgIpc) is 3.07. The molecule has 5 nitrogen and oxygen atoms in total. The quantitative estimate of drug-likeness (QED) is 0.760. The zero-order chi connectivity index (χ0) is 14.7. The third kappa shape index (κ3) is 2.90. The highest BCUT2D eigenvalue weighted by Crippen LogP contribution is 2.36. The summed E-state index contributed by atoms with van der Waals surface area (Å²) in [4.78, 5) is 4.32.